The van der Waals surface area contributed by atoms with Crippen LogP contribution in [0.1, 0.15) is 73.6 Å². The highest BCUT2D eigenvalue weighted by Gasteiger charge is 2.12. The van der Waals surface area contributed by atoms with Crippen molar-refractivity contribution in [1.29, 1.82) is 0 Å². The lowest BCUT2D eigenvalue weighted by molar-refractivity contribution is -0.0979. The van der Waals surface area contributed by atoms with Crippen molar-refractivity contribution < 1.29 is 15.0 Å². The Balaban J connectivity index is -0.0000000511. The van der Waals surface area contributed by atoms with E-state index in [-0.39, 0.29) is 0 Å². The van der Waals surface area contributed by atoms with Crippen LogP contribution in [0.15, 0.2) is 13.2 Å². The molecule has 0 aromatic rings. The molecule has 0 bridgehead atoms. The predicted octanol–water partition coefficient (Wildman–Crippen LogP) is 4.45. The minimum absolute atomic E-state index is 0.855. The third-order valence-corrected chi connectivity index (χ3v) is 2.50. The summed E-state index contributed by atoms with van der Waals surface area (Å²) in [7, 11) is 2.00. The zero-order chi connectivity index (χ0) is 20.1. The molecule has 1 rings (SSSR count). The van der Waals surface area contributed by atoms with Gasteiger partial charge in [0.1, 0.15) is 6.79 Å². The van der Waals surface area contributed by atoms with Crippen LogP contribution in [0.2, 0.25) is 0 Å². The van der Waals surface area contributed by atoms with E-state index in [4.69, 9.17) is 15.0 Å². The van der Waals surface area contributed by atoms with Crippen LogP contribution in [-0.4, -0.2) is 43.8 Å². The highest BCUT2D eigenvalue weighted by Crippen LogP contribution is 2.14. The highest BCUT2D eigenvalue weighted by molar-refractivity contribution is 5.10. The summed E-state index contributed by atoms with van der Waals surface area (Å²) in [6, 6.07) is 0.855. The summed E-state index contributed by atoms with van der Waals surface area (Å²) in [6.07, 6.45) is 7.02. The van der Waals surface area contributed by atoms with Crippen LogP contribution in [0.3, 0.4) is 0 Å². The van der Waals surface area contributed by atoms with E-state index in [0.29, 0.717) is 0 Å². The molecule has 23 heavy (non-hydrogen) atoms. The molecule has 1 aliphatic rings. The molecular weight excluding hydrogens is 290 g/mol. The maximum Gasteiger partial charge on any atom is 0.106 e. The summed E-state index contributed by atoms with van der Waals surface area (Å²) in [5, 5.41) is 17.5. The van der Waals surface area contributed by atoms with Gasteiger partial charge in [0, 0.05) is 20.3 Å². The molecule has 1 heterocycles. The van der Waals surface area contributed by atoms with Crippen LogP contribution in [0.5, 0.6) is 0 Å². The fourth-order valence-electron chi connectivity index (χ4n) is 1.78. The van der Waals surface area contributed by atoms with Gasteiger partial charge in [-0.2, -0.15) is 0 Å². The maximum atomic E-state index is 8.00. The van der Waals surface area contributed by atoms with E-state index in [9.17, 15) is 0 Å². The second kappa shape index (κ2) is 58.0. The molecule has 1 saturated heterocycles. The molecule has 0 aromatic heterocycles. The molecule has 1 unspecified atom stereocenters. The Morgan fingerprint density at radius 1 is 1.00 bits per heavy atom. The van der Waals surface area contributed by atoms with Crippen molar-refractivity contribution in [1.82, 2.24) is 5.32 Å². The third kappa shape index (κ3) is 52.4. The van der Waals surface area contributed by atoms with Crippen molar-refractivity contribution in [2.45, 2.75) is 79.7 Å². The lowest BCUT2D eigenvalue weighted by Gasteiger charge is -2.10. The van der Waals surface area contributed by atoms with Crippen molar-refractivity contribution in [3.05, 3.63) is 13.2 Å². The number of aliphatic hydroxyl groups excluding tert-OH is 2. The molecule has 0 aromatic carbocycles. The van der Waals surface area contributed by atoms with Gasteiger partial charge in [-0.1, -0.05) is 54.4 Å². The van der Waals surface area contributed by atoms with Crippen molar-refractivity contribution in [3.8, 4) is 0 Å². The van der Waals surface area contributed by atoms with E-state index >= 15 is 0 Å². The molecule has 0 amide bonds. The molecular formula is C19H47NO3. The first kappa shape index (κ1) is 38.1. The summed E-state index contributed by atoms with van der Waals surface area (Å²) in [5.41, 5.74) is 0. The Labute approximate surface area is 147 Å². The average Bonchev–Trinajstić information content (AvgIpc) is 3.18. The fourth-order valence-corrected chi connectivity index (χ4v) is 1.78. The first-order valence-electron chi connectivity index (χ1n) is 8.70. The first-order valence-corrected chi connectivity index (χ1v) is 8.70. The third-order valence-electron chi connectivity index (χ3n) is 2.50. The topological polar surface area (TPSA) is 69.6 Å². The van der Waals surface area contributed by atoms with Gasteiger partial charge in [0.15, 0.2) is 0 Å². The zero-order valence-corrected chi connectivity index (χ0v) is 17.3. The largest absolute Gasteiger partial charge is 0.400 e. The standard InChI is InChI=1S/C10H21N.2C2H6.C2H4.2CH4O.CH2O/c1-9(2)5-3-6-10-7-4-8-11-10;6*1-2/h9-11H,3-8H2,1-2H3;2*1-2H3;1-2H2;2*2H,1H3;1H2. The van der Waals surface area contributed by atoms with Gasteiger partial charge in [0.2, 0.25) is 0 Å². The molecule has 1 atom stereocenters. The van der Waals surface area contributed by atoms with Gasteiger partial charge in [-0.25, -0.2) is 0 Å². The molecule has 0 spiro atoms. The van der Waals surface area contributed by atoms with Crippen molar-refractivity contribution in [3.63, 3.8) is 0 Å². The Bertz CT molecular complexity index is 126. The Morgan fingerprint density at radius 3 is 1.65 bits per heavy atom. The highest BCUT2D eigenvalue weighted by atomic mass is 16.2. The second-order valence-electron chi connectivity index (χ2n) is 4.12. The zero-order valence-electron chi connectivity index (χ0n) is 17.3. The van der Waals surface area contributed by atoms with E-state index < -0.39 is 0 Å². The van der Waals surface area contributed by atoms with Gasteiger partial charge in [0.25, 0.3) is 0 Å². The predicted molar refractivity (Wildman–Crippen MR) is 107 cm³/mol. The molecule has 0 saturated carbocycles. The molecule has 4 nitrogen and oxygen atoms in total. The van der Waals surface area contributed by atoms with Gasteiger partial charge in [0.05, 0.1) is 0 Å². The summed E-state index contributed by atoms with van der Waals surface area (Å²) in [6.45, 7) is 21.9. The van der Waals surface area contributed by atoms with Gasteiger partial charge in [-0.3, -0.25) is 0 Å². The lowest BCUT2D eigenvalue weighted by atomic mass is 10.0. The lowest BCUT2D eigenvalue weighted by Crippen LogP contribution is -2.20. The van der Waals surface area contributed by atoms with Crippen molar-refractivity contribution in [2.24, 2.45) is 5.92 Å². The molecule has 4 heteroatoms. The molecule has 1 fully saturated rings. The number of hydrogen-bond acceptors (Lipinski definition) is 4. The van der Waals surface area contributed by atoms with E-state index in [2.05, 4.69) is 32.3 Å². The quantitative estimate of drug-likeness (QED) is 0.663. The number of aliphatic hydroxyl groups is 2. The van der Waals surface area contributed by atoms with Gasteiger partial charge in [-0.05, 0) is 31.7 Å². The minimum Gasteiger partial charge on any atom is -0.400 e. The second-order valence-corrected chi connectivity index (χ2v) is 4.12. The minimum atomic E-state index is 0.855. The van der Waals surface area contributed by atoms with E-state index in [0.717, 1.165) is 26.2 Å². The molecule has 3 N–H and O–H groups in total. The first-order chi connectivity index (χ1) is 11.3. The van der Waals surface area contributed by atoms with Crippen LogP contribution < -0.4 is 5.32 Å². The summed E-state index contributed by atoms with van der Waals surface area (Å²) >= 11 is 0. The Kier molecular flexibility index (Phi) is 96.1. The SMILES string of the molecule is C=C.C=O.CC.CC.CC(C)CCCC1CCCN1.CO.CO. The van der Waals surface area contributed by atoms with Gasteiger partial charge < -0.3 is 20.3 Å². The summed E-state index contributed by atoms with van der Waals surface area (Å²) in [4.78, 5) is 8.00. The van der Waals surface area contributed by atoms with Crippen LogP contribution in [-0.2, 0) is 4.79 Å². The number of rotatable bonds is 4. The monoisotopic (exact) mass is 337 g/mol. The van der Waals surface area contributed by atoms with Crippen molar-refractivity contribution >= 4 is 6.79 Å². The summed E-state index contributed by atoms with van der Waals surface area (Å²) in [5.74, 6) is 0.886. The average molecular weight is 338 g/mol. The number of hydrogen-bond donors (Lipinski definition) is 3. The molecule has 146 valence electrons. The van der Waals surface area contributed by atoms with E-state index in [1.807, 2.05) is 34.5 Å². The Hall–Kier alpha value is -0.710. The number of carbonyl (C=O) groups excluding carboxylic acids is 1. The smallest absolute Gasteiger partial charge is 0.106 e. The molecule has 1 aliphatic heterocycles. The van der Waals surface area contributed by atoms with Crippen LogP contribution in [0.25, 0.3) is 0 Å². The van der Waals surface area contributed by atoms with Crippen LogP contribution >= 0.6 is 0 Å². The fraction of sp³-hybridized carbons (Fsp3) is 0.842. The Morgan fingerprint density at radius 2 is 1.39 bits per heavy atom. The number of nitrogens with one attached hydrogen (secondary N) is 1. The summed E-state index contributed by atoms with van der Waals surface area (Å²) < 4.78 is 0. The van der Waals surface area contributed by atoms with Crippen LogP contribution in [0, 0.1) is 5.92 Å². The molecule has 0 radical (unpaired) electrons. The molecule has 0 aliphatic carbocycles. The van der Waals surface area contributed by atoms with E-state index in [1.165, 1.54) is 38.6 Å². The van der Waals surface area contributed by atoms with Crippen LogP contribution in [0.4, 0.5) is 0 Å². The maximum absolute atomic E-state index is 8.00. The van der Waals surface area contributed by atoms with Gasteiger partial charge >= 0.3 is 0 Å². The normalized spacial score (nSPS) is 13.3. The van der Waals surface area contributed by atoms with Crippen molar-refractivity contribution in [2.75, 3.05) is 20.8 Å². The van der Waals surface area contributed by atoms with E-state index in [1.54, 1.807) is 0 Å². The number of carbonyl (C=O) groups is 1. The van der Waals surface area contributed by atoms with Gasteiger partial charge in [-0.15, -0.1) is 13.2 Å².